The minimum Gasteiger partial charge on any atom is -0.359 e. The van der Waals surface area contributed by atoms with E-state index in [0.717, 1.165) is 30.6 Å². The Hall–Kier alpha value is -1.30. The molecule has 0 atom stereocenters. The van der Waals surface area contributed by atoms with Crippen molar-refractivity contribution in [2.24, 2.45) is 0 Å². The van der Waals surface area contributed by atoms with Crippen molar-refractivity contribution in [1.29, 1.82) is 0 Å². The van der Waals surface area contributed by atoms with E-state index >= 15 is 0 Å². The van der Waals surface area contributed by atoms with Crippen molar-refractivity contribution in [3.05, 3.63) is 23.4 Å². The van der Waals surface area contributed by atoms with Crippen LogP contribution in [0.1, 0.15) is 37.9 Å². The van der Waals surface area contributed by atoms with E-state index in [1.165, 1.54) is 0 Å². The molecule has 1 heterocycles. The van der Waals surface area contributed by atoms with Crippen molar-refractivity contribution in [3.8, 4) is 0 Å². The van der Waals surface area contributed by atoms with E-state index in [4.69, 9.17) is 0 Å². The first kappa shape index (κ1) is 17.8. The molecule has 0 unspecified atom stereocenters. The van der Waals surface area contributed by atoms with E-state index in [2.05, 4.69) is 17.2 Å². The highest BCUT2D eigenvalue weighted by Gasteiger charge is 2.27. The average molecular weight is 303 g/mol. The Morgan fingerprint density at radius 1 is 1.24 bits per heavy atom. The molecular formula is C15H24F3N3. The highest BCUT2D eigenvalue weighted by molar-refractivity contribution is 5.42. The van der Waals surface area contributed by atoms with Crippen LogP contribution in [0.2, 0.25) is 0 Å². The lowest BCUT2D eigenvalue weighted by molar-refractivity contribution is -0.132. The molecule has 21 heavy (non-hydrogen) atoms. The fourth-order valence-electron chi connectivity index (χ4n) is 1.93. The van der Waals surface area contributed by atoms with E-state index in [0.29, 0.717) is 12.4 Å². The Kier molecular flexibility index (Phi) is 6.95. The SMILES string of the molecule is CCCNCc1cc(CC)nc(N(C)CCC(F)(F)F)c1. The van der Waals surface area contributed by atoms with Crippen LogP contribution in [0, 0.1) is 0 Å². The van der Waals surface area contributed by atoms with Gasteiger partial charge in [0.25, 0.3) is 0 Å². The Labute approximate surface area is 124 Å². The predicted molar refractivity (Wildman–Crippen MR) is 79.6 cm³/mol. The monoisotopic (exact) mass is 303 g/mol. The maximum atomic E-state index is 12.3. The number of hydrogen-bond acceptors (Lipinski definition) is 3. The van der Waals surface area contributed by atoms with Crippen LogP contribution in [0.25, 0.3) is 0 Å². The van der Waals surface area contributed by atoms with Crippen molar-refractivity contribution < 1.29 is 13.2 Å². The standard InChI is InChI=1S/C15H24F3N3/c1-4-7-19-11-12-9-13(5-2)20-14(10-12)21(3)8-6-15(16,17)18/h9-10,19H,4-8,11H2,1-3H3. The minimum atomic E-state index is -4.14. The summed E-state index contributed by atoms with van der Waals surface area (Å²) >= 11 is 0. The summed E-state index contributed by atoms with van der Waals surface area (Å²) in [6.07, 6.45) is -3.15. The summed E-state index contributed by atoms with van der Waals surface area (Å²) in [4.78, 5) is 5.98. The molecule has 0 saturated heterocycles. The summed E-state index contributed by atoms with van der Waals surface area (Å²) in [6.45, 7) is 5.64. The molecule has 0 amide bonds. The van der Waals surface area contributed by atoms with Gasteiger partial charge in [-0.3, -0.25) is 0 Å². The van der Waals surface area contributed by atoms with Gasteiger partial charge in [0.05, 0.1) is 6.42 Å². The highest BCUT2D eigenvalue weighted by Crippen LogP contribution is 2.22. The number of alkyl halides is 3. The molecule has 0 radical (unpaired) electrons. The minimum absolute atomic E-state index is 0.0779. The highest BCUT2D eigenvalue weighted by atomic mass is 19.4. The van der Waals surface area contributed by atoms with Crippen molar-refractivity contribution in [1.82, 2.24) is 10.3 Å². The summed E-state index contributed by atoms with van der Waals surface area (Å²) in [5.41, 5.74) is 1.96. The van der Waals surface area contributed by atoms with Gasteiger partial charge in [-0.25, -0.2) is 4.98 Å². The summed E-state index contributed by atoms with van der Waals surface area (Å²) < 4.78 is 36.9. The van der Waals surface area contributed by atoms with Crippen LogP contribution in [-0.2, 0) is 13.0 Å². The average Bonchev–Trinajstić information content (AvgIpc) is 2.44. The van der Waals surface area contributed by atoms with Crippen LogP contribution < -0.4 is 10.2 Å². The molecule has 0 saturated carbocycles. The van der Waals surface area contributed by atoms with Crippen molar-refractivity contribution in [2.75, 3.05) is 25.0 Å². The number of anilines is 1. The van der Waals surface area contributed by atoms with E-state index in [9.17, 15) is 13.2 Å². The predicted octanol–water partition coefficient (Wildman–Crippen LogP) is 3.53. The van der Waals surface area contributed by atoms with Gasteiger partial charge in [0.1, 0.15) is 5.82 Å². The van der Waals surface area contributed by atoms with E-state index in [1.54, 1.807) is 11.9 Å². The zero-order valence-electron chi connectivity index (χ0n) is 12.9. The number of aromatic nitrogens is 1. The van der Waals surface area contributed by atoms with E-state index < -0.39 is 12.6 Å². The molecule has 0 aliphatic carbocycles. The maximum absolute atomic E-state index is 12.3. The number of aryl methyl sites for hydroxylation is 1. The fraction of sp³-hybridized carbons (Fsp3) is 0.667. The second-order valence-electron chi connectivity index (χ2n) is 5.14. The molecule has 120 valence electrons. The third kappa shape index (κ3) is 6.80. The molecule has 0 aromatic carbocycles. The molecule has 1 N–H and O–H groups in total. The largest absolute Gasteiger partial charge is 0.390 e. The zero-order chi connectivity index (χ0) is 15.9. The van der Waals surface area contributed by atoms with Gasteiger partial charge in [0.15, 0.2) is 0 Å². The zero-order valence-corrected chi connectivity index (χ0v) is 12.9. The van der Waals surface area contributed by atoms with Crippen molar-refractivity contribution >= 4 is 5.82 Å². The van der Waals surface area contributed by atoms with E-state index in [1.807, 2.05) is 19.1 Å². The smallest absolute Gasteiger partial charge is 0.359 e. The van der Waals surface area contributed by atoms with E-state index in [-0.39, 0.29) is 6.54 Å². The Balaban J connectivity index is 2.77. The summed E-state index contributed by atoms with van der Waals surface area (Å²) in [5.74, 6) is 0.604. The van der Waals surface area contributed by atoms with Gasteiger partial charge in [-0.1, -0.05) is 13.8 Å². The summed E-state index contributed by atoms with van der Waals surface area (Å²) in [7, 11) is 1.65. The number of pyridine rings is 1. The Morgan fingerprint density at radius 2 is 1.95 bits per heavy atom. The van der Waals surface area contributed by atoms with Gasteiger partial charge < -0.3 is 10.2 Å². The Bertz CT molecular complexity index is 433. The van der Waals surface area contributed by atoms with Crippen LogP contribution in [0.3, 0.4) is 0 Å². The van der Waals surface area contributed by atoms with Crippen molar-refractivity contribution in [3.63, 3.8) is 0 Å². The van der Waals surface area contributed by atoms with Gasteiger partial charge in [0, 0.05) is 25.8 Å². The molecule has 1 aromatic heterocycles. The Morgan fingerprint density at radius 3 is 2.52 bits per heavy atom. The van der Waals surface area contributed by atoms with Gasteiger partial charge in [0.2, 0.25) is 0 Å². The lowest BCUT2D eigenvalue weighted by Crippen LogP contribution is -2.25. The lowest BCUT2D eigenvalue weighted by atomic mass is 10.2. The third-order valence-electron chi connectivity index (χ3n) is 3.16. The maximum Gasteiger partial charge on any atom is 0.390 e. The van der Waals surface area contributed by atoms with Gasteiger partial charge in [-0.2, -0.15) is 13.2 Å². The molecule has 1 aromatic rings. The number of nitrogens with zero attached hydrogens (tertiary/aromatic N) is 2. The summed E-state index contributed by atoms with van der Waals surface area (Å²) in [6, 6.07) is 3.86. The van der Waals surface area contributed by atoms with Crippen LogP contribution in [0.5, 0.6) is 0 Å². The van der Waals surface area contributed by atoms with Gasteiger partial charge in [-0.15, -0.1) is 0 Å². The van der Waals surface area contributed by atoms with Gasteiger partial charge >= 0.3 is 6.18 Å². The molecule has 0 aliphatic heterocycles. The molecule has 0 spiro atoms. The van der Waals surface area contributed by atoms with Gasteiger partial charge in [-0.05, 0) is 37.1 Å². The number of rotatable bonds is 8. The molecule has 0 bridgehead atoms. The molecular weight excluding hydrogens is 279 g/mol. The number of hydrogen-bond donors (Lipinski definition) is 1. The van der Waals surface area contributed by atoms with Crippen molar-refractivity contribution in [2.45, 2.75) is 45.8 Å². The second-order valence-corrected chi connectivity index (χ2v) is 5.14. The van der Waals surface area contributed by atoms with Crippen LogP contribution in [0.15, 0.2) is 12.1 Å². The third-order valence-corrected chi connectivity index (χ3v) is 3.16. The molecule has 0 fully saturated rings. The topological polar surface area (TPSA) is 28.2 Å². The number of nitrogens with one attached hydrogen (secondary N) is 1. The first-order valence-electron chi connectivity index (χ1n) is 7.34. The molecule has 6 heteroatoms. The molecule has 0 aliphatic rings. The fourth-order valence-corrected chi connectivity index (χ4v) is 1.93. The molecule has 3 nitrogen and oxygen atoms in total. The quantitative estimate of drug-likeness (QED) is 0.745. The lowest BCUT2D eigenvalue weighted by Gasteiger charge is -2.20. The van der Waals surface area contributed by atoms with Crippen LogP contribution >= 0.6 is 0 Å². The molecule has 1 rings (SSSR count). The summed E-state index contributed by atoms with van der Waals surface area (Å²) in [5, 5.41) is 3.30. The first-order chi connectivity index (χ1) is 9.85. The number of halogens is 3. The van der Waals surface area contributed by atoms with Crippen LogP contribution in [0.4, 0.5) is 19.0 Å². The second kappa shape index (κ2) is 8.22. The normalized spacial score (nSPS) is 11.7. The van der Waals surface area contributed by atoms with Crippen LogP contribution in [-0.4, -0.2) is 31.3 Å². The first-order valence-corrected chi connectivity index (χ1v) is 7.34.